The molecule has 0 fully saturated rings. The predicted octanol–water partition coefficient (Wildman–Crippen LogP) is 2.68. The van der Waals surface area contributed by atoms with Crippen LogP contribution in [0.2, 0.25) is 0 Å². The summed E-state index contributed by atoms with van der Waals surface area (Å²) in [4.78, 5) is 25.0. The summed E-state index contributed by atoms with van der Waals surface area (Å²) in [5, 5.41) is 8.64. The predicted molar refractivity (Wildman–Crippen MR) is 115 cm³/mol. The third-order valence-electron chi connectivity index (χ3n) is 4.07. The summed E-state index contributed by atoms with van der Waals surface area (Å²) in [6.07, 6.45) is 3.76. The van der Waals surface area contributed by atoms with Crippen LogP contribution in [0.4, 0.5) is 8.28 Å². The maximum absolute atomic E-state index is 14.0. The Balaban J connectivity index is 1.88. The van der Waals surface area contributed by atoms with E-state index in [1.165, 1.54) is 30.5 Å². The van der Waals surface area contributed by atoms with Crippen LogP contribution in [-0.4, -0.2) is 24.6 Å². The molecular formula is C21H15F2N3O7S. The van der Waals surface area contributed by atoms with Crippen LogP contribution in [0, 0.1) is 17.1 Å². The highest BCUT2D eigenvalue weighted by Crippen LogP contribution is 2.36. The van der Waals surface area contributed by atoms with Gasteiger partial charge in [-0.25, -0.2) is 9.18 Å². The quantitative estimate of drug-likeness (QED) is 0.356. The zero-order chi connectivity index (χ0) is 24.7. The minimum absolute atomic E-state index is 0.0155. The fourth-order valence-corrected chi connectivity index (χ4v) is 3.06. The number of hydrogen-bond donors (Lipinski definition) is 1. The lowest BCUT2D eigenvalue weighted by molar-refractivity contribution is 0.282. The lowest BCUT2D eigenvalue weighted by Gasteiger charge is -2.14. The number of hydrogen-bond acceptors (Lipinski definition) is 8. The Kier molecular flexibility index (Phi) is 7.44. The van der Waals surface area contributed by atoms with E-state index >= 15 is 0 Å². The standard InChI is InChI=1S/C21H15F2N3O7S/c22-15-10-14(2-1-6-24)11-17(12-15)32-18-4-3-16(33-34(23,29)30)13-19(18)31-9-8-26-7-5-20(27)25-21(26)28/h1-5,7,10-13H,8-9H2,(H,25,27,28)/b2-1+. The summed E-state index contributed by atoms with van der Waals surface area (Å²) in [6.45, 7) is -0.182. The number of nitriles is 1. The summed E-state index contributed by atoms with van der Waals surface area (Å²) in [6, 6.07) is 9.89. The zero-order valence-corrected chi connectivity index (χ0v) is 17.9. The van der Waals surface area contributed by atoms with Gasteiger partial charge in [0.2, 0.25) is 0 Å². The number of aromatic nitrogens is 2. The number of H-pyrrole nitrogens is 1. The Labute approximate surface area is 191 Å². The maximum atomic E-state index is 14.0. The van der Waals surface area contributed by atoms with Crippen molar-refractivity contribution in [1.82, 2.24) is 9.55 Å². The van der Waals surface area contributed by atoms with Crippen molar-refractivity contribution < 1.29 is 30.4 Å². The summed E-state index contributed by atoms with van der Waals surface area (Å²) in [5.41, 5.74) is -0.917. The lowest BCUT2D eigenvalue weighted by atomic mass is 10.2. The van der Waals surface area contributed by atoms with Crippen LogP contribution in [-0.2, 0) is 17.0 Å². The number of nitrogens with zero attached hydrogens (tertiary/aromatic N) is 2. The molecule has 176 valence electrons. The van der Waals surface area contributed by atoms with E-state index in [4.69, 9.17) is 14.7 Å². The number of halogens is 2. The molecule has 1 N–H and O–H groups in total. The van der Waals surface area contributed by atoms with Gasteiger partial charge in [-0.3, -0.25) is 14.3 Å². The second-order valence-corrected chi connectivity index (χ2v) is 7.47. The van der Waals surface area contributed by atoms with Crippen LogP contribution in [0.5, 0.6) is 23.0 Å². The van der Waals surface area contributed by atoms with E-state index in [2.05, 4.69) is 9.17 Å². The molecule has 0 saturated heterocycles. The van der Waals surface area contributed by atoms with E-state index in [1.807, 2.05) is 0 Å². The summed E-state index contributed by atoms with van der Waals surface area (Å²) >= 11 is 0. The van der Waals surface area contributed by atoms with Crippen LogP contribution in [0.1, 0.15) is 5.56 Å². The minimum Gasteiger partial charge on any atom is -0.488 e. The highest BCUT2D eigenvalue weighted by molar-refractivity contribution is 7.81. The fourth-order valence-electron chi connectivity index (χ4n) is 2.73. The van der Waals surface area contributed by atoms with Crippen molar-refractivity contribution in [2.75, 3.05) is 6.61 Å². The third kappa shape index (κ3) is 7.04. The molecule has 0 amide bonds. The number of nitrogens with one attached hydrogen (secondary N) is 1. The Bertz CT molecular complexity index is 1490. The van der Waals surface area contributed by atoms with E-state index in [9.17, 15) is 26.3 Å². The molecule has 1 aromatic heterocycles. The van der Waals surface area contributed by atoms with E-state index < -0.39 is 33.3 Å². The average molecular weight is 491 g/mol. The van der Waals surface area contributed by atoms with E-state index in [0.717, 1.165) is 34.9 Å². The van der Waals surface area contributed by atoms with Crippen molar-refractivity contribution in [2.45, 2.75) is 6.54 Å². The average Bonchev–Trinajstić information content (AvgIpc) is 2.74. The molecule has 0 unspecified atom stereocenters. The van der Waals surface area contributed by atoms with E-state index in [1.54, 1.807) is 6.07 Å². The van der Waals surface area contributed by atoms with Crippen molar-refractivity contribution in [2.24, 2.45) is 0 Å². The van der Waals surface area contributed by atoms with Crippen LogP contribution in [0.15, 0.2) is 64.3 Å². The smallest absolute Gasteiger partial charge is 0.488 e. The van der Waals surface area contributed by atoms with Crippen LogP contribution >= 0.6 is 0 Å². The molecule has 0 saturated carbocycles. The number of benzene rings is 2. The highest BCUT2D eigenvalue weighted by Gasteiger charge is 2.15. The van der Waals surface area contributed by atoms with Gasteiger partial charge in [0.25, 0.3) is 5.56 Å². The molecule has 3 rings (SSSR count). The Morgan fingerprint density at radius 2 is 1.88 bits per heavy atom. The topological polar surface area (TPSA) is 140 Å². The molecular weight excluding hydrogens is 476 g/mol. The van der Waals surface area contributed by atoms with Gasteiger partial charge in [-0.15, -0.1) is 0 Å². The molecule has 2 aromatic carbocycles. The van der Waals surface area contributed by atoms with Gasteiger partial charge in [0.15, 0.2) is 11.5 Å². The second kappa shape index (κ2) is 10.5. The van der Waals surface area contributed by atoms with Gasteiger partial charge in [0.05, 0.1) is 12.6 Å². The van der Waals surface area contributed by atoms with Gasteiger partial charge in [0.1, 0.15) is 23.9 Å². The maximum Gasteiger partial charge on any atom is 0.488 e. The molecule has 0 atom stereocenters. The molecule has 13 heteroatoms. The Morgan fingerprint density at radius 3 is 2.59 bits per heavy atom. The molecule has 0 spiro atoms. The molecule has 0 aliphatic rings. The monoisotopic (exact) mass is 491 g/mol. The number of ether oxygens (including phenoxy) is 2. The van der Waals surface area contributed by atoms with Crippen LogP contribution in [0.25, 0.3) is 6.08 Å². The molecule has 0 radical (unpaired) electrons. The van der Waals surface area contributed by atoms with Crippen LogP contribution < -0.4 is 24.9 Å². The van der Waals surface area contributed by atoms with Crippen molar-refractivity contribution in [3.63, 3.8) is 0 Å². The molecule has 3 aromatic rings. The summed E-state index contributed by atoms with van der Waals surface area (Å²) in [5.74, 6) is -1.19. The fraction of sp³-hybridized carbons (Fsp3) is 0.0952. The number of allylic oxidation sites excluding steroid dienone is 1. The first kappa shape index (κ1) is 24.2. The first-order valence-electron chi connectivity index (χ1n) is 9.38. The molecule has 34 heavy (non-hydrogen) atoms. The molecule has 0 aliphatic carbocycles. The van der Waals surface area contributed by atoms with Crippen molar-refractivity contribution in [3.05, 3.63) is 87.0 Å². The van der Waals surface area contributed by atoms with Gasteiger partial charge in [0, 0.05) is 30.5 Å². The zero-order valence-electron chi connectivity index (χ0n) is 17.1. The molecule has 0 aliphatic heterocycles. The van der Waals surface area contributed by atoms with Gasteiger partial charge in [-0.2, -0.15) is 13.7 Å². The Morgan fingerprint density at radius 1 is 1.09 bits per heavy atom. The van der Waals surface area contributed by atoms with Crippen molar-refractivity contribution in [1.29, 1.82) is 5.26 Å². The molecule has 0 bridgehead atoms. The minimum atomic E-state index is -5.32. The van der Waals surface area contributed by atoms with Gasteiger partial charge >= 0.3 is 16.2 Å². The largest absolute Gasteiger partial charge is 0.488 e. The van der Waals surface area contributed by atoms with Gasteiger partial charge < -0.3 is 13.7 Å². The lowest BCUT2D eigenvalue weighted by Crippen LogP contribution is -2.30. The second-order valence-electron chi connectivity index (χ2n) is 6.52. The normalized spacial score (nSPS) is 11.2. The van der Waals surface area contributed by atoms with Gasteiger partial charge in [-0.05, 0) is 35.9 Å². The first-order valence-corrected chi connectivity index (χ1v) is 10.7. The number of aromatic amines is 1. The highest BCUT2D eigenvalue weighted by atomic mass is 32.3. The van der Waals surface area contributed by atoms with Crippen molar-refractivity contribution >= 4 is 16.6 Å². The van der Waals surface area contributed by atoms with Crippen molar-refractivity contribution in [3.8, 4) is 29.1 Å². The third-order valence-corrected chi connectivity index (χ3v) is 4.46. The van der Waals surface area contributed by atoms with Gasteiger partial charge in [-0.1, -0.05) is 3.89 Å². The summed E-state index contributed by atoms with van der Waals surface area (Å²) in [7, 11) is -5.32. The number of rotatable bonds is 9. The molecule has 1 heterocycles. The first-order chi connectivity index (χ1) is 16.1. The Hall–Kier alpha value is -4.44. The SMILES string of the molecule is N#C/C=C/c1cc(F)cc(Oc2ccc(OS(=O)(=O)F)cc2OCCn2ccc(=O)[nH]c2=O)c1. The van der Waals surface area contributed by atoms with Crippen LogP contribution in [0.3, 0.4) is 0 Å². The van der Waals surface area contributed by atoms with E-state index in [-0.39, 0.29) is 30.4 Å². The molecule has 10 nitrogen and oxygen atoms in total. The van der Waals surface area contributed by atoms with E-state index in [0.29, 0.717) is 5.56 Å². The summed E-state index contributed by atoms with van der Waals surface area (Å²) < 4.78 is 65.1.